The van der Waals surface area contributed by atoms with Gasteiger partial charge in [0.15, 0.2) is 0 Å². The molecule has 0 radical (unpaired) electrons. The molecule has 0 heterocycles. The van der Waals surface area contributed by atoms with Crippen LogP contribution in [0.4, 0.5) is 5.69 Å². The molecule has 1 aromatic rings. The number of isocyanates is 1. The van der Waals surface area contributed by atoms with E-state index in [0.717, 1.165) is 19.3 Å². The number of unbranched alkanes of at least 4 members (excludes halogenated alkanes) is 2. The summed E-state index contributed by atoms with van der Waals surface area (Å²) in [5.41, 5.74) is 0.384. The minimum absolute atomic E-state index is 0.170. The van der Waals surface area contributed by atoms with E-state index in [2.05, 4.69) is 16.6 Å². The van der Waals surface area contributed by atoms with Crippen molar-refractivity contribution in [2.24, 2.45) is 4.99 Å². The first kappa shape index (κ1) is 14.6. The van der Waals surface area contributed by atoms with Crippen molar-refractivity contribution < 1.29 is 13.2 Å². The molecular weight excluding hydrogens is 252 g/mol. The summed E-state index contributed by atoms with van der Waals surface area (Å²) in [6.45, 7) is 2.49. The molecule has 0 saturated heterocycles. The molecule has 0 saturated carbocycles. The number of nitrogens with zero attached hydrogens (tertiary/aromatic N) is 1. The fraction of sp³-hybridized carbons (Fsp3) is 0.417. The van der Waals surface area contributed by atoms with E-state index in [0.29, 0.717) is 12.2 Å². The monoisotopic (exact) mass is 268 g/mol. The Morgan fingerprint density at radius 3 is 2.44 bits per heavy atom. The van der Waals surface area contributed by atoms with Crippen LogP contribution < -0.4 is 4.72 Å². The van der Waals surface area contributed by atoms with Gasteiger partial charge in [-0.1, -0.05) is 19.8 Å². The maximum absolute atomic E-state index is 11.8. The zero-order valence-corrected chi connectivity index (χ0v) is 11.0. The van der Waals surface area contributed by atoms with E-state index >= 15 is 0 Å². The van der Waals surface area contributed by atoms with Crippen LogP contribution in [0.2, 0.25) is 0 Å². The number of benzene rings is 1. The molecule has 0 aliphatic rings. The van der Waals surface area contributed by atoms with E-state index < -0.39 is 10.0 Å². The molecule has 0 aliphatic carbocycles. The Hall–Kier alpha value is -1.49. The van der Waals surface area contributed by atoms with E-state index in [1.54, 1.807) is 0 Å². The number of nitrogens with one attached hydrogen (secondary N) is 1. The average Bonchev–Trinajstić information content (AvgIpc) is 2.36. The predicted octanol–water partition coefficient (Wildman–Crippen LogP) is 2.12. The molecule has 1 N–H and O–H groups in total. The average molecular weight is 268 g/mol. The summed E-state index contributed by atoms with van der Waals surface area (Å²) in [5.74, 6) is 0. The van der Waals surface area contributed by atoms with Gasteiger partial charge >= 0.3 is 0 Å². The summed E-state index contributed by atoms with van der Waals surface area (Å²) in [6, 6.07) is 5.76. The fourth-order valence-corrected chi connectivity index (χ4v) is 2.49. The van der Waals surface area contributed by atoms with Gasteiger partial charge in [-0.25, -0.2) is 17.9 Å². The molecule has 0 bridgehead atoms. The molecule has 0 aliphatic heterocycles. The van der Waals surface area contributed by atoms with Crippen LogP contribution >= 0.6 is 0 Å². The first-order valence-electron chi connectivity index (χ1n) is 5.77. The molecule has 6 heteroatoms. The highest BCUT2D eigenvalue weighted by atomic mass is 32.2. The quantitative estimate of drug-likeness (QED) is 0.467. The minimum atomic E-state index is -3.46. The smallest absolute Gasteiger partial charge is 0.211 e. The Balaban J connectivity index is 2.69. The second kappa shape index (κ2) is 7.06. The zero-order chi connectivity index (χ0) is 13.4. The molecule has 0 unspecified atom stereocenters. The lowest BCUT2D eigenvalue weighted by Gasteiger charge is -2.06. The van der Waals surface area contributed by atoms with Gasteiger partial charge in [0.1, 0.15) is 0 Å². The van der Waals surface area contributed by atoms with Crippen molar-refractivity contribution in [3.05, 3.63) is 24.3 Å². The summed E-state index contributed by atoms with van der Waals surface area (Å²) in [5, 5.41) is 0. The van der Waals surface area contributed by atoms with Gasteiger partial charge in [0, 0.05) is 6.54 Å². The normalized spacial score (nSPS) is 10.9. The lowest BCUT2D eigenvalue weighted by molar-refractivity contribution is 0.565. The third kappa shape index (κ3) is 4.41. The Labute approximate surface area is 107 Å². The van der Waals surface area contributed by atoms with Gasteiger partial charge in [-0.15, -0.1) is 0 Å². The SMILES string of the molecule is CCCCCNS(=O)(=O)c1ccc(N=C=O)cc1. The third-order valence-electron chi connectivity index (χ3n) is 2.39. The van der Waals surface area contributed by atoms with Gasteiger partial charge in [0.25, 0.3) is 0 Å². The molecule has 0 spiro atoms. The van der Waals surface area contributed by atoms with Crippen LogP contribution in [0.25, 0.3) is 0 Å². The topological polar surface area (TPSA) is 75.6 Å². The van der Waals surface area contributed by atoms with Crippen molar-refractivity contribution in [1.82, 2.24) is 4.72 Å². The maximum atomic E-state index is 11.8. The van der Waals surface area contributed by atoms with E-state index in [4.69, 9.17) is 0 Å². The van der Waals surface area contributed by atoms with Crippen molar-refractivity contribution in [2.75, 3.05) is 6.54 Å². The predicted molar refractivity (Wildman–Crippen MR) is 68.9 cm³/mol. The van der Waals surface area contributed by atoms with E-state index in [9.17, 15) is 13.2 Å². The van der Waals surface area contributed by atoms with Crippen LogP contribution in [-0.4, -0.2) is 21.0 Å². The number of rotatable bonds is 7. The molecule has 5 nitrogen and oxygen atoms in total. The third-order valence-corrected chi connectivity index (χ3v) is 3.87. The molecule has 18 heavy (non-hydrogen) atoms. The molecule has 1 rings (SSSR count). The highest BCUT2D eigenvalue weighted by Crippen LogP contribution is 2.15. The molecule has 0 amide bonds. The van der Waals surface area contributed by atoms with Crippen molar-refractivity contribution in [2.45, 2.75) is 31.1 Å². The summed E-state index contributed by atoms with van der Waals surface area (Å²) in [6.07, 6.45) is 4.26. The van der Waals surface area contributed by atoms with Gasteiger partial charge in [0.05, 0.1) is 10.6 Å². The summed E-state index contributed by atoms with van der Waals surface area (Å²) in [7, 11) is -3.46. The molecule has 0 aromatic heterocycles. The van der Waals surface area contributed by atoms with Crippen LogP contribution in [0, 0.1) is 0 Å². The Kier molecular flexibility index (Phi) is 5.71. The van der Waals surface area contributed by atoms with Crippen LogP contribution in [0.3, 0.4) is 0 Å². The molecule has 1 aromatic carbocycles. The first-order chi connectivity index (χ1) is 8.60. The first-order valence-corrected chi connectivity index (χ1v) is 7.26. The van der Waals surface area contributed by atoms with Gasteiger partial charge in [-0.3, -0.25) is 0 Å². The number of sulfonamides is 1. The van der Waals surface area contributed by atoms with Crippen molar-refractivity contribution in [3.8, 4) is 0 Å². The van der Waals surface area contributed by atoms with Crippen LogP contribution in [0.1, 0.15) is 26.2 Å². The van der Waals surface area contributed by atoms with E-state index in [1.165, 1.54) is 30.3 Å². The van der Waals surface area contributed by atoms with Gasteiger partial charge in [0.2, 0.25) is 16.1 Å². The summed E-state index contributed by atoms with van der Waals surface area (Å²) in [4.78, 5) is 13.6. The molecule has 0 fully saturated rings. The second-order valence-corrected chi connectivity index (χ2v) is 5.57. The van der Waals surface area contributed by atoms with Gasteiger partial charge in [-0.2, -0.15) is 4.99 Å². The summed E-state index contributed by atoms with van der Waals surface area (Å²) < 4.78 is 26.2. The second-order valence-electron chi connectivity index (χ2n) is 3.80. The number of carbonyl (C=O) groups excluding carboxylic acids is 1. The van der Waals surface area contributed by atoms with E-state index in [1.807, 2.05) is 0 Å². The highest BCUT2D eigenvalue weighted by Gasteiger charge is 2.12. The van der Waals surface area contributed by atoms with Crippen molar-refractivity contribution >= 4 is 21.8 Å². The number of aliphatic imine (C=N–C) groups is 1. The van der Waals surface area contributed by atoms with Crippen LogP contribution in [0.5, 0.6) is 0 Å². The van der Waals surface area contributed by atoms with Gasteiger partial charge in [-0.05, 0) is 30.7 Å². The highest BCUT2D eigenvalue weighted by molar-refractivity contribution is 7.89. The standard InChI is InChI=1S/C12H16N2O3S/c1-2-3-4-9-14-18(16,17)12-7-5-11(6-8-12)13-10-15/h5-8,14H,2-4,9H2,1H3. The summed E-state index contributed by atoms with van der Waals surface area (Å²) >= 11 is 0. The van der Waals surface area contributed by atoms with E-state index in [-0.39, 0.29) is 4.90 Å². The molecular formula is C12H16N2O3S. The van der Waals surface area contributed by atoms with Crippen LogP contribution in [0.15, 0.2) is 34.2 Å². The number of hydrogen-bond donors (Lipinski definition) is 1. The molecule has 0 atom stereocenters. The Bertz CT molecular complexity index is 517. The lowest BCUT2D eigenvalue weighted by Crippen LogP contribution is -2.24. The van der Waals surface area contributed by atoms with Crippen LogP contribution in [-0.2, 0) is 14.8 Å². The molecule has 98 valence electrons. The zero-order valence-electron chi connectivity index (χ0n) is 10.2. The van der Waals surface area contributed by atoms with Gasteiger partial charge < -0.3 is 0 Å². The Morgan fingerprint density at radius 1 is 1.22 bits per heavy atom. The fourth-order valence-electron chi connectivity index (χ4n) is 1.42. The van der Waals surface area contributed by atoms with Crippen molar-refractivity contribution in [3.63, 3.8) is 0 Å². The van der Waals surface area contributed by atoms with Crippen molar-refractivity contribution in [1.29, 1.82) is 0 Å². The minimum Gasteiger partial charge on any atom is -0.211 e. The Morgan fingerprint density at radius 2 is 1.89 bits per heavy atom. The lowest BCUT2D eigenvalue weighted by atomic mass is 10.3. The number of hydrogen-bond acceptors (Lipinski definition) is 4. The maximum Gasteiger partial charge on any atom is 0.240 e. The largest absolute Gasteiger partial charge is 0.240 e.